The summed E-state index contributed by atoms with van der Waals surface area (Å²) in [5.74, 6) is 7.36. The maximum Gasteiger partial charge on any atom is 0.105 e. The molecule has 0 amide bonds. The molecule has 3 nitrogen and oxygen atoms in total. The van der Waals surface area contributed by atoms with Crippen molar-refractivity contribution in [2.45, 2.75) is 32.7 Å². The lowest BCUT2D eigenvalue weighted by atomic mass is 10.0. The van der Waals surface area contributed by atoms with Crippen molar-refractivity contribution >= 4 is 0 Å². The third kappa shape index (κ3) is 2.47. The van der Waals surface area contributed by atoms with Gasteiger partial charge in [-0.2, -0.15) is 0 Å². The van der Waals surface area contributed by atoms with Crippen molar-refractivity contribution in [3.8, 4) is 0 Å². The van der Waals surface area contributed by atoms with E-state index in [1.807, 2.05) is 26.0 Å². The molecule has 0 saturated heterocycles. The Morgan fingerprint density at radius 2 is 2.36 bits per heavy atom. The monoisotopic (exact) mass is 194 g/mol. The van der Waals surface area contributed by atoms with Gasteiger partial charge in [-0.3, -0.25) is 11.3 Å². The Bertz CT molecular complexity index is 304. The smallest absolute Gasteiger partial charge is 0.105 e. The number of nitrogens with one attached hydrogen (secondary N) is 1. The average Bonchev–Trinajstić information content (AvgIpc) is 2.47. The standard InChI is InChI=1S/C11H18N2O/c1-4-5-6-11(13-12)10-7-8(2)14-9(10)3/h4,7,11,13H,1,5-6,12H2,2-3H3. The minimum Gasteiger partial charge on any atom is -0.466 e. The summed E-state index contributed by atoms with van der Waals surface area (Å²) in [5, 5.41) is 0. The highest BCUT2D eigenvalue weighted by molar-refractivity contribution is 5.23. The second-order valence-corrected chi connectivity index (χ2v) is 3.45. The van der Waals surface area contributed by atoms with E-state index in [4.69, 9.17) is 10.3 Å². The fourth-order valence-corrected chi connectivity index (χ4v) is 1.61. The largest absolute Gasteiger partial charge is 0.466 e. The van der Waals surface area contributed by atoms with Gasteiger partial charge in [-0.15, -0.1) is 6.58 Å². The van der Waals surface area contributed by atoms with Crippen LogP contribution in [0.1, 0.15) is 36.0 Å². The van der Waals surface area contributed by atoms with E-state index >= 15 is 0 Å². The summed E-state index contributed by atoms with van der Waals surface area (Å²) in [5.41, 5.74) is 3.94. The van der Waals surface area contributed by atoms with Gasteiger partial charge in [0.25, 0.3) is 0 Å². The lowest BCUT2D eigenvalue weighted by Crippen LogP contribution is -2.28. The minimum atomic E-state index is 0.158. The molecular formula is C11H18N2O. The van der Waals surface area contributed by atoms with Crippen LogP contribution in [0.15, 0.2) is 23.1 Å². The Hall–Kier alpha value is -1.06. The van der Waals surface area contributed by atoms with Gasteiger partial charge >= 0.3 is 0 Å². The molecule has 0 aliphatic carbocycles. The number of rotatable bonds is 5. The predicted molar refractivity (Wildman–Crippen MR) is 57.7 cm³/mol. The first-order chi connectivity index (χ1) is 6.69. The molecule has 3 N–H and O–H groups in total. The van der Waals surface area contributed by atoms with Crippen LogP contribution >= 0.6 is 0 Å². The van der Waals surface area contributed by atoms with Gasteiger partial charge in [0.15, 0.2) is 0 Å². The summed E-state index contributed by atoms with van der Waals surface area (Å²) < 4.78 is 5.46. The van der Waals surface area contributed by atoms with Gasteiger partial charge in [0.2, 0.25) is 0 Å². The van der Waals surface area contributed by atoms with E-state index in [-0.39, 0.29) is 6.04 Å². The molecule has 1 atom stereocenters. The van der Waals surface area contributed by atoms with E-state index in [0.29, 0.717) is 0 Å². The molecule has 1 heterocycles. The lowest BCUT2D eigenvalue weighted by molar-refractivity contribution is 0.476. The quantitative estimate of drug-likeness (QED) is 0.430. The second kappa shape index (κ2) is 4.98. The molecule has 0 aromatic carbocycles. The molecule has 1 aromatic heterocycles. The van der Waals surface area contributed by atoms with E-state index in [1.165, 1.54) is 0 Å². The van der Waals surface area contributed by atoms with E-state index < -0.39 is 0 Å². The number of hydrazine groups is 1. The zero-order valence-corrected chi connectivity index (χ0v) is 8.84. The first kappa shape index (κ1) is 11.0. The fraction of sp³-hybridized carbons (Fsp3) is 0.455. The number of nitrogens with two attached hydrogens (primary N) is 1. The maximum atomic E-state index is 5.50. The van der Waals surface area contributed by atoms with Crippen LogP contribution in [0.2, 0.25) is 0 Å². The van der Waals surface area contributed by atoms with E-state index in [9.17, 15) is 0 Å². The van der Waals surface area contributed by atoms with Crippen molar-refractivity contribution in [3.05, 3.63) is 35.8 Å². The minimum absolute atomic E-state index is 0.158. The lowest BCUT2D eigenvalue weighted by Gasteiger charge is -2.13. The highest BCUT2D eigenvalue weighted by Gasteiger charge is 2.14. The van der Waals surface area contributed by atoms with Crippen LogP contribution in [0.5, 0.6) is 0 Å². The molecule has 1 unspecified atom stereocenters. The van der Waals surface area contributed by atoms with E-state index in [1.54, 1.807) is 0 Å². The molecule has 0 fully saturated rings. The van der Waals surface area contributed by atoms with Gasteiger partial charge in [-0.05, 0) is 32.8 Å². The Morgan fingerprint density at radius 1 is 1.64 bits per heavy atom. The van der Waals surface area contributed by atoms with Gasteiger partial charge in [0.1, 0.15) is 11.5 Å². The van der Waals surface area contributed by atoms with Gasteiger partial charge in [0.05, 0.1) is 0 Å². The normalized spacial score (nSPS) is 12.8. The summed E-state index contributed by atoms with van der Waals surface area (Å²) in [7, 11) is 0. The molecule has 0 saturated carbocycles. The first-order valence-corrected chi connectivity index (χ1v) is 4.83. The molecule has 14 heavy (non-hydrogen) atoms. The number of allylic oxidation sites excluding steroid dienone is 1. The Labute approximate surface area is 85.0 Å². The van der Waals surface area contributed by atoms with Crippen LogP contribution < -0.4 is 11.3 Å². The van der Waals surface area contributed by atoms with E-state index in [0.717, 1.165) is 29.9 Å². The molecule has 1 rings (SSSR count). The molecule has 0 bridgehead atoms. The van der Waals surface area contributed by atoms with Crippen LogP contribution in [0.25, 0.3) is 0 Å². The van der Waals surface area contributed by atoms with Crippen LogP contribution in [-0.2, 0) is 0 Å². The molecule has 3 heteroatoms. The molecule has 0 aliphatic rings. The maximum absolute atomic E-state index is 5.50. The zero-order valence-electron chi connectivity index (χ0n) is 8.84. The highest BCUT2D eigenvalue weighted by atomic mass is 16.3. The van der Waals surface area contributed by atoms with Crippen molar-refractivity contribution in [1.29, 1.82) is 0 Å². The average molecular weight is 194 g/mol. The van der Waals surface area contributed by atoms with Gasteiger partial charge in [0, 0.05) is 11.6 Å². The Kier molecular flexibility index (Phi) is 3.92. The topological polar surface area (TPSA) is 51.2 Å². The van der Waals surface area contributed by atoms with Crippen molar-refractivity contribution < 1.29 is 4.42 Å². The Balaban J connectivity index is 2.77. The van der Waals surface area contributed by atoms with Crippen molar-refractivity contribution in [2.24, 2.45) is 5.84 Å². The highest BCUT2D eigenvalue weighted by Crippen LogP contribution is 2.24. The summed E-state index contributed by atoms with van der Waals surface area (Å²) in [6.07, 6.45) is 3.78. The summed E-state index contributed by atoms with van der Waals surface area (Å²) in [4.78, 5) is 0. The number of hydrogen-bond donors (Lipinski definition) is 2. The molecular weight excluding hydrogens is 176 g/mol. The van der Waals surface area contributed by atoms with Crippen LogP contribution in [-0.4, -0.2) is 0 Å². The van der Waals surface area contributed by atoms with Crippen LogP contribution in [0, 0.1) is 13.8 Å². The van der Waals surface area contributed by atoms with Crippen LogP contribution in [0.3, 0.4) is 0 Å². The summed E-state index contributed by atoms with van der Waals surface area (Å²) in [6.45, 7) is 7.60. The SMILES string of the molecule is C=CCCC(NN)c1cc(C)oc1C. The molecule has 0 aliphatic heterocycles. The Morgan fingerprint density at radius 3 is 2.79 bits per heavy atom. The molecule has 1 aromatic rings. The van der Waals surface area contributed by atoms with Crippen LogP contribution in [0.4, 0.5) is 0 Å². The fourth-order valence-electron chi connectivity index (χ4n) is 1.61. The predicted octanol–water partition coefficient (Wildman–Crippen LogP) is 2.37. The third-order valence-corrected chi connectivity index (χ3v) is 2.32. The third-order valence-electron chi connectivity index (χ3n) is 2.32. The van der Waals surface area contributed by atoms with Gasteiger partial charge < -0.3 is 4.42 Å². The molecule has 0 spiro atoms. The number of aryl methyl sites for hydroxylation is 2. The number of hydrogen-bond acceptors (Lipinski definition) is 3. The van der Waals surface area contributed by atoms with Crippen molar-refractivity contribution in [1.82, 2.24) is 5.43 Å². The number of furan rings is 1. The molecule has 78 valence electrons. The summed E-state index contributed by atoms with van der Waals surface area (Å²) in [6, 6.07) is 2.19. The second-order valence-electron chi connectivity index (χ2n) is 3.45. The van der Waals surface area contributed by atoms with Gasteiger partial charge in [-0.25, -0.2) is 0 Å². The van der Waals surface area contributed by atoms with Gasteiger partial charge in [-0.1, -0.05) is 6.08 Å². The summed E-state index contributed by atoms with van der Waals surface area (Å²) >= 11 is 0. The van der Waals surface area contributed by atoms with Crippen molar-refractivity contribution in [3.63, 3.8) is 0 Å². The zero-order chi connectivity index (χ0) is 10.6. The van der Waals surface area contributed by atoms with E-state index in [2.05, 4.69) is 12.0 Å². The molecule has 0 radical (unpaired) electrons. The first-order valence-electron chi connectivity index (χ1n) is 4.83. The van der Waals surface area contributed by atoms with Crippen molar-refractivity contribution in [2.75, 3.05) is 0 Å².